The van der Waals surface area contributed by atoms with Crippen LogP contribution in [0.1, 0.15) is 6.92 Å². The monoisotopic (exact) mass is 174 g/mol. The van der Waals surface area contributed by atoms with Crippen molar-refractivity contribution >= 4 is 5.78 Å². The lowest BCUT2D eigenvalue weighted by Crippen LogP contribution is -2.22. The van der Waals surface area contributed by atoms with E-state index in [1.54, 1.807) is 0 Å². The van der Waals surface area contributed by atoms with Crippen LogP contribution in [0.4, 0.5) is 0 Å². The second-order valence-electron chi connectivity index (χ2n) is 1.96. The van der Waals surface area contributed by atoms with Gasteiger partial charge in [0.05, 0.1) is 12.9 Å². The number of hydrogen-bond donors (Lipinski definition) is 0. The van der Waals surface area contributed by atoms with Gasteiger partial charge >= 0.3 is 0 Å². The number of ether oxygens (including phenoxy) is 3. The summed E-state index contributed by atoms with van der Waals surface area (Å²) >= 11 is 0. The molecule has 0 radical (unpaired) electrons. The molecule has 0 N–H and O–H groups in total. The zero-order chi connectivity index (χ0) is 9.40. The Labute approximate surface area is 72.1 Å². The molecule has 0 unspecified atom stereocenters. The summed E-state index contributed by atoms with van der Waals surface area (Å²) in [6.45, 7) is 2.37. The van der Waals surface area contributed by atoms with Gasteiger partial charge < -0.3 is 14.2 Å². The Balaban J connectivity index is 3.83. The topological polar surface area (TPSA) is 44.8 Å². The summed E-state index contributed by atoms with van der Waals surface area (Å²) in [5.74, 6) is -0.270. The van der Waals surface area contributed by atoms with Crippen LogP contribution in [0.5, 0.6) is 0 Å². The molecule has 0 fully saturated rings. The summed E-state index contributed by atoms with van der Waals surface area (Å²) in [4.78, 5) is 11.1. The third kappa shape index (κ3) is 4.10. The van der Waals surface area contributed by atoms with E-state index in [9.17, 15) is 4.79 Å². The Morgan fingerprint density at radius 2 is 2.00 bits per heavy atom. The van der Waals surface area contributed by atoms with Crippen molar-refractivity contribution in [2.75, 3.05) is 20.8 Å². The number of hydrogen-bond acceptors (Lipinski definition) is 4. The van der Waals surface area contributed by atoms with Crippen LogP contribution >= 0.6 is 0 Å². The second kappa shape index (κ2) is 6.82. The first-order chi connectivity index (χ1) is 5.76. The molecule has 0 saturated carbocycles. The van der Waals surface area contributed by atoms with Gasteiger partial charge in [0.15, 0.2) is 0 Å². The van der Waals surface area contributed by atoms with Crippen molar-refractivity contribution in [3.8, 4) is 0 Å². The van der Waals surface area contributed by atoms with Gasteiger partial charge in [-0.1, -0.05) is 0 Å². The van der Waals surface area contributed by atoms with Crippen LogP contribution in [-0.2, 0) is 19.0 Å². The fraction of sp³-hybridized carbons (Fsp3) is 0.625. The highest BCUT2D eigenvalue weighted by molar-refractivity contribution is 5.92. The number of rotatable bonds is 6. The quantitative estimate of drug-likeness (QED) is 0.338. The molecule has 0 saturated heterocycles. The van der Waals surface area contributed by atoms with Crippen molar-refractivity contribution in [1.29, 1.82) is 0 Å². The molecule has 0 bridgehead atoms. The van der Waals surface area contributed by atoms with Crippen LogP contribution < -0.4 is 0 Å². The maximum absolute atomic E-state index is 11.1. The standard InChI is InChI=1S/C8H14O4/c1-4-12-6-5-7(9)8(10-2)11-3/h5-6,8H,4H2,1-3H3. The fourth-order valence-corrected chi connectivity index (χ4v) is 0.618. The molecule has 4 nitrogen and oxygen atoms in total. The molecular weight excluding hydrogens is 160 g/mol. The molecule has 0 aromatic carbocycles. The summed E-state index contributed by atoms with van der Waals surface area (Å²) in [7, 11) is 2.81. The van der Waals surface area contributed by atoms with Gasteiger partial charge in [0.1, 0.15) is 0 Å². The third-order valence-corrected chi connectivity index (χ3v) is 1.16. The minimum atomic E-state index is -0.832. The van der Waals surface area contributed by atoms with Crippen LogP contribution in [0.3, 0.4) is 0 Å². The second-order valence-corrected chi connectivity index (χ2v) is 1.96. The van der Waals surface area contributed by atoms with Gasteiger partial charge in [-0.2, -0.15) is 0 Å². The lowest BCUT2D eigenvalue weighted by atomic mass is 10.4. The van der Waals surface area contributed by atoms with Crippen LogP contribution in [0, 0.1) is 0 Å². The predicted octanol–water partition coefficient (Wildman–Crippen LogP) is 0.725. The smallest absolute Gasteiger partial charge is 0.221 e. The summed E-state index contributed by atoms with van der Waals surface area (Å²) in [5.41, 5.74) is 0. The Bertz CT molecular complexity index is 149. The van der Waals surface area contributed by atoms with E-state index < -0.39 is 6.29 Å². The molecule has 0 aromatic heterocycles. The first-order valence-corrected chi connectivity index (χ1v) is 3.63. The normalized spacial score (nSPS) is 11.0. The molecule has 0 aliphatic heterocycles. The van der Waals surface area contributed by atoms with E-state index in [0.717, 1.165) is 0 Å². The fourth-order valence-electron chi connectivity index (χ4n) is 0.618. The molecule has 70 valence electrons. The van der Waals surface area contributed by atoms with E-state index in [4.69, 9.17) is 14.2 Å². The van der Waals surface area contributed by atoms with Gasteiger partial charge in [0.25, 0.3) is 0 Å². The molecule has 0 aliphatic carbocycles. The first-order valence-electron chi connectivity index (χ1n) is 3.63. The molecule has 0 amide bonds. The number of methoxy groups -OCH3 is 2. The predicted molar refractivity (Wildman–Crippen MR) is 43.6 cm³/mol. The molecule has 0 atom stereocenters. The molecule has 0 aromatic rings. The number of carbonyl (C=O) groups excluding carboxylic acids is 1. The molecule has 4 heteroatoms. The summed E-state index contributed by atoms with van der Waals surface area (Å²) in [6, 6.07) is 0. The Kier molecular flexibility index (Phi) is 6.32. The van der Waals surface area contributed by atoms with Gasteiger partial charge in [0, 0.05) is 20.3 Å². The highest BCUT2D eigenvalue weighted by Crippen LogP contribution is 1.94. The van der Waals surface area contributed by atoms with Gasteiger partial charge in [-0.3, -0.25) is 4.79 Å². The van der Waals surface area contributed by atoms with E-state index in [1.165, 1.54) is 26.6 Å². The summed E-state index contributed by atoms with van der Waals surface area (Å²) in [6.07, 6.45) is 1.77. The number of carbonyl (C=O) groups is 1. The molecule has 0 aliphatic rings. The van der Waals surface area contributed by atoms with Crippen LogP contribution in [0.25, 0.3) is 0 Å². The van der Waals surface area contributed by atoms with E-state index in [1.807, 2.05) is 6.92 Å². The van der Waals surface area contributed by atoms with Gasteiger partial charge in [-0.15, -0.1) is 0 Å². The highest BCUT2D eigenvalue weighted by atomic mass is 16.7. The lowest BCUT2D eigenvalue weighted by molar-refractivity contribution is -0.151. The van der Waals surface area contributed by atoms with Gasteiger partial charge in [-0.05, 0) is 6.92 Å². The molecule has 12 heavy (non-hydrogen) atoms. The first kappa shape index (κ1) is 11.1. The number of ketones is 1. The van der Waals surface area contributed by atoms with Crippen molar-refractivity contribution in [2.45, 2.75) is 13.2 Å². The Morgan fingerprint density at radius 1 is 1.42 bits per heavy atom. The van der Waals surface area contributed by atoms with Crippen LogP contribution in [-0.4, -0.2) is 32.9 Å². The highest BCUT2D eigenvalue weighted by Gasteiger charge is 2.12. The Morgan fingerprint density at radius 3 is 2.42 bits per heavy atom. The van der Waals surface area contributed by atoms with E-state index >= 15 is 0 Å². The Hall–Kier alpha value is -0.870. The van der Waals surface area contributed by atoms with E-state index in [-0.39, 0.29) is 5.78 Å². The zero-order valence-corrected chi connectivity index (χ0v) is 7.57. The van der Waals surface area contributed by atoms with Crippen molar-refractivity contribution in [3.63, 3.8) is 0 Å². The van der Waals surface area contributed by atoms with E-state index in [0.29, 0.717) is 6.61 Å². The SMILES string of the molecule is CCOC=CC(=O)C(OC)OC. The maximum Gasteiger partial charge on any atom is 0.221 e. The molecule has 0 heterocycles. The van der Waals surface area contributed by atoms with E-state index in [2.05, 4.69) is 0 Å². The third-order valence-electron chi connectivity index (χ3n) is 1.16. The maximum atomic E-state index is 11.1. The summed E-state index contributed by atoms with van der Waals surface area (Å²) in [5, 5.41) is 0. The van der Waals surface area contributed by atoms with Crippen LogP contribution in [0.2, 0.25) is 0 Å². The summed E-state index contributed by atoms with van der Waals surface area (Å²) < 4.78 is 14.3. The van der Waals surface area contributed by atoms with Gasteiger partial charge in [-0.25, -0.2) is 0 Å². The molecular formula is C8H14O4. The van der Waals surface area contributed by atoms with Crippen molar-refractivity contribution in [2.24, 2.45) is 0 Å². The average molecular weight is 174 g/mol. The largest absolute Gasteiger partial charge is 0.501 e. The van der Waals surface area contributed by atoms with Crippen molar-refractivity contribution in [3.05, 3.63) is 12.3 Å². The molecule has 0 spiro atoms. The molecule has 0 rings (SSSR count). The van der Waals surface area contributed by atoms with Crippen molar-refractivity contribution < 1.29 is 19.0 Å². The average Bonchev–Trinajstić information content (AvgIpc) is 2.07. The zero-order valence-electron chi connectivity index (χ0n) is 7.57. The lowest BCUT2D eigenvalue weighted by Gasteiger charge is -2.08. The minimum absolute atomic E-state index is 0.270. The van der Waals surface area contributed by atoms with Crippen LogP contribution in [0.15, 0.2) is 12.3 Å². The minimum Gasteiger partial charge on any atom is -0.501 e. The van der Waals surface area contributed by atoms with Crippen molar-refractivity contribution in [1.82, 2.24) is 0 Å². The van der Waals surface area contributed by atoms with Gasteiger partial charge in [0.2, 0.25) is 12.1 Å².